The number of rotatable bonds is 7. The number of nitrogens with two attached hydrogens (primary N) is 1. The summed E-state index contributed by atoms with van der Waals surface area (Å²) in [5, 5.41) is 4.49. The molecule has 0 aromatic carbocycles. The number of aromatic nitrogens is 1. The number of carbonyl (C=O) groups excluding carboxylic acids is 2. The summed E-state index contributed by atoms with van der Waals surface area (Å²) < 4.78 is 5.43. The van der Waals surface area contributed by atoms with Crippen LogP contribution in [0.3, 0.4) is 0 Å². The average molecular weight is 306 g/mol. The lowest BCUT2D eigenvalue weighted by Crippen LogP contribution is -2.25. The fraction of sp³-hybridized carbons (Fsp3) is 0.545. The third kappa shape index (κ3) is 5.14. The molecule has 1 aromatic rings. The highest BCUT2D eigenvalue weighted by Gasteiger charge is 2.22. The number of halogens is 1. The van der Waals surface area contributed by atoms with E-state index in [1.807, 2.05) is 13.8 Å². The van der Waals surface area contributed by atoms with Crippen LogP contribution in [-0.2, 0) is 14.3 Å². The van der Waals surface area contributed by atoms with Crippen molar-refractivity contribution in [3.8, 4) is 0 Å². The van der Waals surface area contributed by atoms with Crippen LogP contribution in [0.15, 0.2) is 5.38 Å². The molecule has 19 heavy (non-hydrogen) atoms. The molecule has 0 fully saturated rings. The second kappa shape index (κ2) is 7.42. The van der Waals surface area contributed by atoms with Gasteiger partial charge in [-0.25, -0.2) is 4.98 Å². The molecule has 1 rings (SSSR count). The number of thiazole rings is 1. The molecule has 0 bridgehead atoms. The number of primary amides is 1. The lowest BCUT2D eigenvalue weighted by Gasteiger charge is -2.13. The highest BCUT2D eigenvalue weighted by Crippen LogP contribution is 2.23. The number of anilines is 1. The molecule has 0 spiro atoms. The van der Waals surface area contributed by atoms with E-state index in [0.717, 1.165) is 0 Å². The molecule has 6 nitrogen and oxygen atoms in total. The van der Waals surface area contributed by atoms with E-state index >= 15 is 0 Å². The summed E-state index contributed by atoms with van der Waals surface area (Å²) >= 11 is 6.56. The van der Waals surface area contributed by atoms with E-state index in [2.05, 4.69) is 10.3 Å². The molecule has 1 heterocycles. The molecular weight excluding hydrogens is 290 g/mol. The molecule has 0 saturated heterocycles. The fourth-order valence-corrected chi connectivity index (χ4v) is 2.02. The summed E-state index contributed by atoms with van der Waals surface area (Å²) in [6.45, 7) is 4.32. The van der Waals surface area contributed by atoms with Crippen molar-refractivity contribution in [2.75, 3.05) is 17.8 Å². The van der Waals surface area contributed by atoms with Crippen LogP contribution in [0.4, 0.5) is 5.13 Å². The van der Waals surface area contributed by atoms with Crippen molar-refractivity contribution in [1.82, 2.24) is 4.98 Å². The summed E-state index contributed by atoms with van der Waals surface area (Å²) in [5.74, 6) is -0.851. The van der Waals surface area contributed by atoms with Gasteiger partial charge < -0.3 is 15.8 Å². The summed E-state index contributed by atoms with van der Waals surface area (Å²) in [6.07, 6.45) is -0.902. The van der Waals surface area contributed by atoms with Crippen LogP contribution in [-0.4, -0.2) is 29.3 Å². The topological polar surface area (TPSA) is 94.3 Å². The normalized spacial score (nSPS) is 12.4. The summed E-state index contributed by atoms with van der Waals surface area (Å²) in [5.41, 5.74) is 5.68. The summed E-state index contributed by atoms with van der Waals surface area (Å²) in [6, 6.07) is 0. The Balaban J connectivity index is 2.74. The van der Waals surface area contributed by atoms with Crippen molar-refractivity contribution >= 4 is 39.9 Å². The van der Waals surface area contributed by atoms with Gasteiger partial charge in [0.2, 0.25) is 5.91 Å². The zero-order valence-electron chi connectivity index (χ0n) is 10.7. The van der Waals surface area contributed by atoms with Crippen LogP contribution in [0.5, 0.6) is 0 Å². The molecule has 1 aromatic heterocycles. The molecular formula is C11H16ClN3O3S. The van der Waals surface area contributed by atoms with Crippen LogP contribution >= 0.6 is 22.9 Å². The molecule has 0 aliphatic heterocycles. The molecule has 3 N–H and O–H groups in total. The second-order valence-electron chi connectivity index (χ2n) is 4.27. The number of amides is 2. The highest BCUT2D eigenvalue weighted by molar-refractivity contribution is 7.14. The minimum absolute atomic E-state index is 0.155. The second-order valence-corrected chi connectivity index (χ2v) is 5.39. The van der Waals surface area contributed by atoms with Crippen molar-refractivity contribution in [2.45, 2.75) is 20.0 Å². The molecule has 0 aliphatic rings. The van der Waals surface area contributed by atoms with Crippen molar-refractivity contribution in [2.24, 2.45) is 11.7 Å². The smallest absolute Gasteiger partial charge is 0.252 e. The SMILES string of the molecule is CC(C)COC(C(N)=O)c1csc(NC(=O)CCl)n1. The van der Waals surface area contributed by atoms with E-state index in [4.69, 9.17) is 22.1 Å². The minimum atomic E-state index is -0.902. The number of carbonyl (C=O) groups is 2. The third-order valence-electron chi connectivity index (χ3n) is 2.01. The first-order chi connectivity index (χ1) is 8.93. The Morgan fingerprint density at radius 2 is 2.26 bits per heavy atom. The third-order valence-corrected chi connectivity index (χ3v) is 3.03. The lowest BCUT2D eigenvalue weighted by atomic mass is 10.2. The van der Waals surface area contributed by atoms with Gasteiger partial charge in [-0.15, -0.1) is 22.9 Å². The maximum absolute atomic E-state index is 11.4. The van der Waals surface area contributed by atoms with Gasteiger partial charge in [-0.05, 0) is 5.92 Å². The van der Waals surface area contributed by atoms with Gasteiger partial charge in [0.1, 0.15) is 5.88 Å². The van der Waals surface area contributed by atoms with Crippen molar-refractivity contribution < 1.29 is 14.3 Å². The molecule has 0 saturated carbocycles. The number of nitrogens with zero attached hydrogens (tertiary/aromatic N) is 1. The number of ether oxygens (including phenoxy) is 1. The van der Waals surface area contributed by atoms with E-state index in [1.165, 1.54) is 11.3 Å². The average Bonchev–Trinajstić information content (AvgIpc) is 2.76. The fourth-order valence-electron chi connectivity index (χ4n) is 1.22. The van der Waals surface area contributed by atoms with Gasteiger partial charge in [-0.1, -0.05) is 13.8 Å². The largest absolute Gasteiger partial charge is 0.367 e. The predicted molar refractivity (Wildman–Crippen MR) is 74.2 cm³/mol. The van der Waals surface area contributed by atoms with E-state index < -0.39 is 12.0 Å². The number of hydrogen-bond donors (Lipinski definition) is 2. The van der Waals surface area contributed by atoms with Crippen molar-refractivity contribution in [1.29, 1.82) is 0 Å². The molecule has 8 heteroatoms. The monoisotopic (exact) mass is 305 g/mol. The first-order valence-electron chi connectivity index (χ1n) is 5.66. The van der Waals surface area contributed by atoms with Crippen LogP contribution < -0.4 is 11.1 Å². The molecule has 1 atom stereocenters. The Bertz CT molecular complexity index is 450. The minimum Gasteiger partial charge on any atom is -0.367 e. The Kier molecular flexibility index (Phi) is 6.20. The molecule has 0 aliphatic carbocycles. The van der Waals surface area contributed by atoms with Crippen LogP contribution in [0, 0.1) is 5.92 Å². The van der Waals surface area contributed by atoms with Crippen molar-refractivity contribution in [3.63, 3.8) is 0 Å². The first-order valence-corrected chi connectivity index (χ1v) is 7.07. The number of alkyl halides is 1. The molecule has 0 radical (unpaired) electrons. The van der Waals surface area contributed by atoms with Crippen LogP contribution in [0.2, 0.25) is 0 Å². The predicted octanol–water partition coefficient (Wildman–Crippen LogP) is 1.52. The molecule has 1 unspecified atom stereocenters. The summed E-state index contributed by atoms with van der Waals surface area (Å²) in [4.78, 5) is 26.6. The maximum atomic E-state index is 11.4. The Labute approximate surface area is 120 Å². The lowest BCUT2D eigenvalue weighted by molar-refractivity contribution is -0.130. The van der Waals surface area contributed by atoms with E-state index in [1.54, 1.807) is 5.38 Å². The van der Waals surface area contributed by atoms with E-state index in [0.29, 0.717) is 17.4 Å². The van der Waals surface area contributed by atoms with Gasteiger partial charge in [0.25, 0.3) is 5.91 Å². The Morgan fingerprint density at radius 1 is 1.58 bits per heavy atom. The zero-order chi connectivity index (χ0) is 14.4. The van der Waals surface area contributed by atoms with Gasteiger partial charge in [0, 0.05) is 5.38 Å². The van der Waals surface area contributed by atoms with Crippen molar-refractivity contribution in [3.05, 3.63) is 11.1 Å². The summed E-state index contributed by atoms with van der Waals surface area (Å²) in [7, 11) is 0. The van der Waals surface area contributed by atoms with Gasteiger partial charge in [-0.2, -0.15) is 0 Å². The van der Waals surface area contributed by atoms with Gasteiger partial charge >= 0.3 is 0 Å². The quantitative estimate of drug-likeness (QED) is 0.747. The van der Waals surface area contributed by atoms with Gasteiger partial charge in [-0.3, -0.25) is 9.59 Å². The standard InChI is InChI=1S/C11H16ClN3O3S/c1-6(2)4-18-9(10(13)17)7-5-19-11(14-7)15-8(16)3-12/h5-6,9H,3-4H2,1-2H3,(H2,13,17)(H,14,15,16). The van der Waals surface area contributed by atoms with E-state index in [-0.39, 0.29) is 17.7 Å². The van der Waals surface area contributed by atoms with E-state index in [9.17, 15) is 9.59 Å². The highest BCUT2D eigenvalue weighted by atomic mass is 35.5. The Hall–Kier alpha value is -1.18. The van der Waals surface area contributed by atoms with Gasteiger partial charge in [0.15, 0.2) is 11.2 Å². The number of hydrogen-bond acceptors (Lipinski definition) is 5. The van der Waals surface area contributed by atoms with Gasteiger partial charge in [0.05, 0.1) is 12.3 Å². The zero-order valence-corrected chi connectivity index (χ0v) is 12.3. The maximum Gasteiger partial charge on any atom is 0.252 e. The first kappa shape index (κ1) is 15.9. The number of nitrogens with one attached hydrogen (secondary N) is 1. The van der Waals surface area contributed by atoms with Crippen LogP contribution in [0.25, 0.3) is 0 Å². The Morgan fingerprint density at radius 3 is 2.79 bits per heavy atom. The molecule has 106 valence electrons. The van der Waals surface area contributed by atoms with Crippen LogP contribution in [0.1, 0.15) is 25.6 Å². The molecule has 2 amide bonds.